The second kappa shape index (κ2) is 4.81. The van der Waals surface area contributed by atoms with Gasteiger partial charge in [0.1, 0.15) is 5.82 Å². The second-order valence-electron chi connectivity index (χ2n) is 4.60. The largest absolute Gasteiger partial charge is 0.504 e. The van der Waals surface area contributed by atoms with Crippen LogP contribution in [0.4, 0.5) is 10.1 Å². The van der Waals surface area contributed by atoms with Gasteiger partial charge in [0, 0.05) is 11.3 Å². The summed E-state index contributed by atoms with van der Waals surface area (Å²) in [6.07, 6.45) is 1.44. The lowest BCUT2D eigenvalue weighted by molar-refractivity contribution is 0.0971. The van der Waals surface area contributed by atoms with Crippen LogP contribution in [0.2, 0.25) is 0 Å². The van der Waals surface area contributed by atoms with E-state index < -0.39 is 5.78 Å². The van der Waals surface area contributed by atoms with Crippen molar-refractivity contribution in [1.82, 2.24) is 0 Å². The van der Waals surface area contributed by atoms with Crippen molar-refractivity contribution in [2.24, 2.45) is 0 Å². The van der Waals surface area contributed by atoms with E-state index in [1.165, 1.54) is 18.2 Å². The van der Waals surface area contributed by atoms with E-state index >= 15 is 0 Å². The Morgan fingerprint density at radius 1 is 1.10 bits per heavy atom. The molecule has 0 aliphatic heterocycles. The summed E-state index contributed by atoms with van der Waals surface area (Å²) in [5.74, 6) is -1.03. The molecule has 1 unspecified atom stereocenters. The lowest BCUT2D eigenvalue weighted by atomic mass is 9.91. The summed E-state index contributed by atoms with van der Waals surface area (Å²) in [7, 11) is 0. The molecule has 2 aromatic rings. The van der Waals surface area contributed by atoms with Crippen molar-refractivity contribution in [1.29, 1.82) is 0 Å². The molecule has 2 aromatic carbocycles. The fourth-order valence-corrected chi connectivity index (χ4v) is 2.31. The number of aliphatic hydroxyl groups is 1. The van der Waals surface area contributed by atoms with Gasteiger partial charge in [0.2, 0.25) is 5.78 Å². The van der Waals surface area contributed by atoms with Gasteiger partial charge in [0.25, 0.3) is 0 Å². The fraction of sp³-hybridized carbons (Fsp3) is 0.0625. The highest BCUT2D eigenvalue weighted by molar-refractivity contribution is 6.09. The monoisotopic (exact) mass is 269 g/mol. The molecule has 0 saturated carbocycles. The van der Waals surface area contributed by atoms with Gasteiger partial charge in [-0.25, -0.2) is 4.39 Å². The maximum atomic E-state index is 13.2. The van der Waals surface area contributed by atoms with Crippen LogP contribution >= 0.6 is 0 Å². The minimum atomic E-state index is -0.391. The molecule has 20 heavy (non-hydrogen) atoms. The summed E-state index contributed by atoms with van der Waals surface area (Å²) < 4.78 is 13.2. The smallest absolute Gasteiger partial charge is 0.227 e. The number of anilines is 1. The highest BCUT2D eigenvalue weighted by atomic mass is 19.1. The molecule has 2 N–H and O–H groups in total. The van der Waals surface area contributed by atoms with Crippen LogP contribution in [0.15, 0.2) is 60.4 Å². The first-order valence-corrected chi connectivity index (χ1v) is 6.21. The van der Waals surface area contributed by atoms with E-state index in [0.29, 0.717) is 11.3 Å². The Balaban J connectivity index is 1.99. The molecular formula is C16H12FNO2. The van der Waals surface area contributed by atoms with Gasteiger partial charge in [0.05, 0.1) is 6.04 Å². The van der Waals surface area contributed by atoms with Gasteiger partial charge in [-0.05, 0) is 29.8 Å². The van der Waals surface area contributed by atoms with Gasteiger partial charge in [-0.15, -0.1) is 0 Å². The molecule has 3 rings (SSSR count). The maximum Gasteiger partial charge on any atom is 0.227 e. The van der Waals surface area contributed by atoms with E-state index in [9.17, 15) is 14.3 Å². The number of hydrogen-bond acceptors (Lipinski definition) is 3. The number of Topliss-reactive ketones (excluding diaryl/α,β-unsaturated/α-hetero) is 1. The number of carbonyl (C=O) groups is 1. The Bertz CT molecular complexity index is 709. The summed E-state index contributed by atoms with van der Waals surface area (Å²) in [5.41, 5.74) is 1.81. The number of aliphatic hydroxyl groups excluding tert-OH is 1. The highest BCUT2D eigenvalue weighted by Crippen LogP contribution is 2.30. The molecular weight excluding hydrogens is 257 g/mol. The lowest BCUT2D eigenvalue weighted by Gasteiger charge is -2.23. The van der Waals surface area contributed by atoms with E-state index in [-0.39, 0.29) is 17.6 Å². The predicted molar refractivity (Wildman–Crippen MR) is 74.2 cm³/mol. The molecule has 0 spiro atoms. The topological polar surface area (TPSA) is 49.3 Å². The van der Waals surface area contributed by atoms with Crippen LogP contribution in [-0.2, 0) is 0 Å². The zero-order chi connectivity index (χ0) is 14.1. The van der Waals surface area contributed by atoms with Gasteiger partial charge < -0.3 is 10.4 Å². The zero-order valence-electron chi connectivity index (χ0n) is 10.5. The van der Waals surface area contributed by atoms with Crippen LogP contribution in [0.25, 0.3) is 0 Å². The summed E-state index contributed by atoms with van der Waals surface area (Å²) in [5, 5.41) is 12.8. The average Bonchev–Trinajstić information content (AvgIpc) is 2.45. The summed E-state index contributed by atoms with van der Waals surface area (Å²) in [6.45, 7) is 0. The number of rotatable bonds is 2. The summed E-state index contributed by atoms with van der Waals surface area (Å²) in [6, 6.07) is 12.7. The minimum absolute atomic E-state index is 0.294. The number of halogens is 1. The molecule has 0 saturated heterocycles. The third-order valence-electron chi connectivity index (χ3n) is 3.24. The molecule has 0 heterocycles. The van der Waals surface area contributed by atoms with Crippen molar-refractivity contribution in [3.63, 3.8) is 0 Å². The Hall–Kier alpha value is -2.62. The van der Waals surface area contributed by atoms with Crippen LogP contribution in [0, 0.1) is 5.82 Å². The van der Waals surface area contributed by atoms with E-state index in [1.807, 2.05) is 12.1 Å². The van der Waals surface area contributed by atoms with Crippen LogP contribution in [-0.4, -0.2) is 10.9 Å². The zero-order valence-corrected chi connectivity index (χ0v) is 10.5. The number of allylic oxidation sites excluding steroid dienone is 1. The van der Waals surface area contributed by atoms with Gasteiger partial charge >= 0.3 is 0 Å². The quantitative estimate of drug-likeness (QED) is 0.875. The molecule has 1 aliphatic carbocycles. The van der Waals surface area contributed by atoms with Gasteiger partial charge in [0.15, 0.2) is 5.76 Å². The number of fused-ring (bicyclic) bond motifs is 1. The SMILES string of the molecule is O=C1C(O)=CC(Nc2cccc(F)c2)c2ccccc21. The van der Waals surface area contributed by atoms with E-state index in [2.05, 4.69) is 5.32 Å². The first kappa shape index (κ1) is 12.4. The van der Waals surface area contributed by atoms with Crippen LogP contribution in [0.5, 0.6) is 0 Å². The summed E-state index contributed by atoms with van der Waals surface area (Å²) in [4.78, 5) is 11.9. The Labute approximate surface area is 115 Å². The summed E-state index contributed by atoms with van der Waals surface area (Å²) >= 11 is 0. The third kappa shape index (κ3) is 2.16. The second-order valence-corrected chi connectivity index (χ2v) is 4.60. The van der Waals surface area contributed by atoms with Crippen molar-refractivity contribution in [2.45, 2.75) is 6.04 Å². The van der Waals surface area contributed by atoms with Crippen molar-refractivity contribution in [2.75, 3.05) is 5.32 Å². The maximum absolute atomic E-state index is 13.2. The number of hydrogen-bond donors (Lipinski definition) is 2. The molecule has 0 aromatic heterocycles. The molecule has 0 bridgehead atoms. The third-order valence-corrected chi connectivity index (χ3v) is 3.24. The molecule has 100 valence electrons. The van der Waals surface area contributed by atoms with Crippen molar-refractivity contribution < 1.29 is 14.3 Å². The molecule has 0 radical (unpaired) electrons. The highest BCUT2D eigenvalue weighted by Gasteiger charge is 2.26. The average molecular weight is 269 g/mol. The Morgan fingerprint density at radius 3 is 2.70 bits per heavy atom. The molecule has 0 amide bonds. The molecule has 0 fully saturated rings. The number of nitrogens with one attached hydrogen (secondary N) is 1. The first-order chi connectivity index (χ1) is 9.65. The lowest BCUT2D eigenvalue weighted by Crippen LogP contribution is -2.20. The van der Waals surface area contributed by atoms with Crippen LogP contribution in [0.1, 0.15) is 22.0 Å². The number of ketones is 1. The van der Waals surface area contributed by atoms with Gasteiger partial charge in [-0.2, -0.15) is 0 Å². The van der Waals surface area contributed by atoms with E-state index in [1.54, 1.807) is 24.3 Å². The Morgan fingerprint density at radius 2 is 1.90 bits per heavy atom. The first-order valence-electron chi connectivity index (χ1n) is 6.21. The molecule has 1 atom stereocenters. The van der Waals surface area contributed by atoms with Gasteiger partial charge in [-0.1, -0.05) is 30.3 Å². The predicted octanol–water partition coefficient (Wildman–Crippen LogP) is 3.62. The minimum Gasteiger partial charge on any atom is -0.504 e. The van der Waals surface area contributed by atoms with Gasteiger partial charge in [-0.3, -0.25) is 4.79 Å². The van der Waals surface area contributed by atoms with E-state index in [4.69, 9.17) is 0 Å². The van der Waals surface area contributed by atoms with Crippen molar-refractivity contribution in [3.8, 4) is 0 Å². The van der Waals surface area contributed by atoms with Crippen molar-refractivity contribution >= 4 is 11.5 Å². The molecule has 4 heteroatoms. The molecule has 1 aliphatic rings. The number of benzene rings is 2. The van der Waals surface area contributed by atoms with Crippen molar-refractivity contribution in [3.05, 3.63) is 77.3 Å². The normalized spacial score (nSPS) is 17.4. The number of carbonyl (C=O) groups excluding carboxylic acids is 1. The van der Waals surface area contributed by atoms with Crippen LogP contribution in [0.3, 0.4) is 0 Å². The standard InChI is InChI=1S/C16H12FNO2/c17-10-4-3-5-11(8-10)18-14-9-15(19)16(20)13-7-2-1-6-12(13)14/h1-9,14,18-19H. The Kier molecular flexibility index (Phi) is 2.99. The van der Waals surface area contributed by atoms with E-state index in [0.717, 1.165) is 5.56 Å². The molecule has 3 nitrogen and oxygen atoms in total. The van der Waals surface area contributed by atoms with Crippen LogP contribution < -0.4 is 5.32 Å². The fourth-order valence-electron chi connectivity index (χ4n) is 2.31.